The molecule has 2 saturated carbocycles. The molecule has 1 nitrogen and oxygen atoms in total. The highest BCUT2D eigenvalue weighted by Gasteiger charge is 2.54. The largest absolute Gasteiger partial charge is 0.310 e. The van der Waals surface area contributed by atoms with Crippen LogP contribution in [0.1, 0.15) is 50.6 Å². The average Bonchev–Trinajstić information content (AvgIpc) is 3.16. The van der Waals surface area contributed by atoms with Crippen molar-refractivity contribution in [2.75, 3.05) is 6.54 Å². The van der Waals surface area contributed by atoms with Gasteiger partial charge >= 0.3 is 0 Å². The first-order chi connectivity index (χ1) is 9.31. The normalized spacial score (nSPS) is 30.7. The summed E-state index contributed by atoms with van der Waals surface area (Å²) in [5, 5.41) is 4.62. The van der Waals surface area contributed by atoms with Crippen molar-refractivity contribution in [3.05, 3.63) is 34.9 Å². The first kappa shape index (κ1) is 13.5. The molecule has 2 aliphatic carbocycles. The van der Waals surface area contributed by atoms with Crippen LogP contribution in [-0.4, -0.2) is 6.54 Å². The van der Waals surface area contributed by atoms with Crippen molar-refractivity contribution in [1.29, 1.82) is 0 Å². The van der Waals surface area contributed by atoms with E-state index in [1.54, 1.807) is 0 Å². The lowest BCUT2D eigenvalue weighted by Crippen LogP contribution is -2.25. The topological polar surface area (TPSA) is 12.0 Å². The third-order valence-corrected chi connectivity index (χ3v) is 5.20. The summed E-state index contributed by atoms with van der Waals surface area (Å²) in [6.07, 6.45) is 6.99. The van der Waals surface area contributed by atoms with Crippen molar-refractivity contribution in [1.82, 2.24) is 5.32 Å². The van der Waals surface area contributed by atoms with Crippen molar-refractivity contribution in [2.45, 2.75) is 45.1 Å². The SMILES string of the molecule is CCCNC(c1ccc(Cl)cc1)C1C2CCCCC21. The zero-order chi connectivity index (χ0) is 13.2. The molecule has 104 valence electrons. The Morgan fingerprint density at radius 3 is 2.37 bits per heavy atom. The summed E-state index contributed by atoms with van der Waals surface area (Å²) in [4.78, 5) is 0. The van der Waals surface area contributed by atoms with E-state index in [0.29, 0.717) is 6.04 Å². The van der Waals surface area contributed by atoms with Crippen LogP contribution in [0.4, 0.5) is 0 Å². The predicted octanol–water partition coefficient (Wildman–Crippen LogP) is 4.82. The smallest absolute Gasteiger partial charge is 0.0406 e. The first-order valence-corrected chi connectivity index (χ1v) is 8.18. The molecule has 0 bridgehead atoms. The van der Waals surface area contributed by atoms with Gasteiger partial charge in [-0.05, 0) is 61.3 Å². The molecule has 2 fully saturated rings. The van der Waals surface area contributed by atoms with Crippen LogP contribution < -0.4 is 5.32 Å². The van der Waals surface area contributed by atoms with Gasteiger partial charge in [0.15, 0.2) is 0 Å². The second kappa shape index (κ2) is 5.85. The lowest BCUT2D eigenvalue weighted by Gasteiger charge is -2.20. The van der Waals surface area contributed by atoms with Gasteiger partial charge in [0.2, 0.25) is 0 Å². The van der Waals surface area contributed by atoms with Gasteiger partial charge in [0.05, 0.1) is 0 Å². The molecule has 19 heavy (non-hydrogen) atoms. The van der Waals surface area contributed by atoms with Crippen molar-refractivity contribution in [2.24, 2.45) is 17.8 Å². The van der Waals surface area contributed by atoms with E-state index >= 15 is 0 Å². The van der Waals surface area contributed by atoms with E-state index in [0.717, 1.165) is 29.3 Å². The minimum Gasteiger partial charge on any atom is -0.310 e. The molecule has 0 heterocycles. The molecule has 0 saturated heterocycles. The number of fused-ring (bicyclic) bond motifs is 1. The Labute approximate surface area is 121 Å². The van der Waals surface area contributed by atoms with E-state index in [9.17, 15) is 0 Å². The van der Waals surface area contributed by atoms with E-state index in [1.165, 1.54) is 37.7 Å². The summed E-state index contributed by atoms with van der Waals surface area (Å²) in [7, 11) is 0. The summed E-state index contributed by atoms with van der Waals surface area (Å²) in [5.74, 6) is 2.84. The van der Waals surface area contributed by atoms with Gasteiger partial charge in [-0.3, -0.25) is 0 Å². The maximum Gasteiger partial charge on any atom is 0.0406 e. The van der Waals surface area contributed by atoms with Crippen LogP contribution >= 0.6 is 11.6 Å². The Hall–Kier alpha value is -0.530. The van der Waals surface area contributed by atoms with Crippen LogP contribution in [0.2, 0.25) is 5.02 Å². The third-order valence-electron chi connectivity index (χ3n) is 4.95. The van der Waals surface area contributed by atoms with Crippen molar-refractivity contribution >= 4 is 11.6 Å². The molecular weight excluding hydrogens is 254 g/mol. The minimum atomic E-state index is 0.547. The standard InChI is InChI=1S/C17H24ClN/c1-2-11-19-17(12-7-9-13(18)10-8-12)16-14-5-3-4-6-15(14)16/h7-10,14-17,19H,2-6,11H2,1H3. The van der Waals surface area contributed by atoms with Crippen molar-refractivity contribution < 1.29 is 0 Å². The predicted molar refractivity (Wildman–Crippen MR) is 81.4 cm³/mol. The van der Waals surface area contributed by atoms with Crippen LogP contribution in [-0.2, 0) is 0 Å². The summed E-state index contributed by atoms with van der Waals surface area (Å²) in [6, 6.07) is 9.03. The molecule has 1 N–H and O–H groups in total. The summed E-state index contributed by atoms with van der Waals surface area (Å²) < 4.78 is 0. The minimum absolute atomic E-state index is 0.547. The molecule has 0 aliphatic heterocycles. The molecule has 0 amide bonds. The molecule has 2 aliphatic rings. The highest BCUT2D eigenvalue weighted by Crippen LogP contribution is 2.60. The van der Waals surface area contributed by atoms with E-state index < -0.39 is 0 Å². The van der Waals surface area contributed by atoms with E-state index in [2.05, 4.69) is 24.4 Å². The van der Waals surface area contributed by atoms with Gasteiger partial charge in [-0.25, -0.2) is 0 Å². The van der Waals surface area contributed by atoms with Crippen LogP contribution in [0.5, 0.6) is 0 Å². The zero-order valence-electron chi connectivity index (χ0n) is 11.7. The van der Waals surface area contributed by atoms with Crippen molar-refractivity contribution in [3.63, 3.8) is 0 Å². The van der Waals surface area contributed by atoms with Crippen molar-refractivity contribution in [3.8, 4) is 0 Å². The summed E-state index contributed by atoms with van der Waals surface area (Å²) >= 11 is 6.02. The van der Waals surface area contributed by atoms with Crippen LogP contribution in [0.15, 0.2) is 24.3 Å². The van der Waals surface area contributed by atoms with Gasteiger partial charge in [-0.2, -0.15) is 0 Å². The van der Waals surface area contributed by atoms with Gasteiger partial charge in [0.25, 0.3) is 0 Å². The van der Waals surface area contributed by atoms with Gasteiger partial charge in [-0.1, -0.05) is 43.5 Å². The average molecular weight is 278 g/mol. The lowest BCUT2D eigenvalue weighted by atomic mass is 9.99. The van der Waals surface area contributed by atoms with Crippen LogP contribution in [0, 0.1) is 17.8 Å². The third kappa shape index (κ3) is 2.83. The Kier molecular flexibility index (Phi) is 4.14. The molecule has 0 radical (unpaired) electrons. The monoisotopic (exact) mass is 277 g/mol. The molecule has 3 unspecified atom stereocenters. The molecular formula is C17H24ClN. The molecule has 1 aromatic carbocycles. The summed E-state index contributed by atoms with van der Waals surface area (Å²) in [5.41, 5.74) is 1.43. The Balaban J connectivity index is 1.76. The van der Waals surface area contributed by atoms with Gasteiger partial charge in [0, 0.05) is 11.1 Å². The first-order valence-electron chi connectivity index (χ1n) is 7.80. The highest BCUT2D eigenvalue weighted by molar-refractivity contribution is 6.30. The van der Waals surface area contributed by atoms with E-state index in [4.69, 9.17) is 11.6 Å². The molecule has 0 aromatic heterocycles. The van der Waals surface area contributed by atoms with Gasteiger partial charge < -0.3 is 5.32 Å². The van der Waals surface area contributed by atoms with Gasteiger partial charge in [0.1, 0.15) is 0 Å². The Morgan fingerprint density at radius 1 is 1.16 bits per heavy atom. The Morgan fingerprint density at radius 2 is 1.79 bits per heavy atom. The molecule has 1 aromatic rings. The fraction of sp³-hybridized carbons (Fsp3) is 0.647. The molecule has 3 atom stereocenters. The summed E-state index contributed by atoms with van der Waals surface area (Å²) in [6.45, 7) is 3.36. The maximum absolute atomic E-state index is 6.02. The maximum atomic E-state index is 6.02. The number of hydrogen-bond donors (Lipinski definition) is 1. The number of rotatable bonds is 5. The second-order valence-electron chi connectivity index (χ2n) is 6.17. The van der Waals surface area contributed by atoms with E-state index in [-0.39, 0.29) is 0 Å². The van der Waals surface area contributed by atoms with Gasteiger partial charge in [-0.15, -0.1) is 0 Å². The molecule has 0 spiro atoms. The Bertz CT molecular complexity index is 402. The second-order valence-corrected chi connectivity index (χ2v) is 6.61. The van der Waals surface area contributed by atoms with E-state index in [1.807, 2.05) is 12.1 Å². The number of nitrogens with one attached hydrogen (secondary N) is 1. The fourth-order valence-electron chi connectivity index (χ4n) is 3.99. The highest BCUT2D eigenvalue weighted by atomic mass is 35.5. The molecule has 3 rings (SSSR count). The molecule has 2 heteroatoms. The number of halogens is 1. The van der Waals surface area contributed by atoms with Crippen LogP contribution in [0.25, 0.3) is 0 Å². The fourth-order valence-corrected chi connectivity index (χ4v) is 4.11. The lowest BCUT2D eigenvalue weighted by molar-refractivity contribution is 0.445. The van der Waals surface area contributed by atoms with Crippen LogP contribution in [0.3, 0.4) is 0 Å². The number of benzene rings is 1. The zero-order valence-corrected chi connectivity index (χ0v) is 12.5. The number of hydrogen-bond acceptors (Lipinski definition) is 1. The quantitative estimate of drug-likeness (QED) is 0.814.